The molecule has 0 spiro atoms. The van der Waals surface area contributed by atoms with Crippen molar-refractivity contribution in [3.05, 3.63) is 35.6 Å². The summed E-state index contributed by atoms with van der Waals surface area (Å²) in [6.45, 7) is 6.56. The van der Waals surface area contributed by atoms with Crippen molar-refractivity contribution in [2.24, 2.45) is 5.73 Å². The minimum atomic E-state index is -0.524. The van der Waals surface area contributed by atoms with E-state index in [0.717, 1.165) is 12.0 Å². The molecule has 1 aromatic carbocycles. The average Bonchev–Trinajstić information content (AvgIpc) is 2.36. The average molecular weight is 294 g/mol. The zero-order chi connectivity index (χ0) is 15.6. The van der Waals surface area contributed by atoms with Crippen molar-refractivity contribution < 1.29 is 13.9 Å². The van der Waals surface area contributed by atoms with Gasteiger partial charge in [0.05, 0.1) is 0 Å². The van der Waals surface area contributed by atoms with E-state index in [1.54, 1.807) is 17.0 Å². The number of nitrogens with two attached hydrogens (primary N) is 1. The summed E-state index contributed by atoms with van der Waals surface area (Å²) in [6.07, 6.45) is 0.440. The van der Waals surface area contributed by atoms with Crippen LogP contribution in [0.4, 0.5) is 9.18 Å². The number of hydrogen-bond donors (Lipinski definition) is 1. The van der Waals surface area contributed by atoms with E-state index in [1.807, 2.05) is 20.8 Å². The Bertz CT molecular complexity index is 496. The van der Waals surface area contributed by atoms with Crippen LogP contribution in [0.5, 0.6) is 0 Å². The Labute approximate surface area is 125 Å². The highest BCUT2D eigenvalue weighted by Crippen LogP contribution is 2.27. The molecule has 0 bridgehead atoms. The van der Waals surface area contributed by atoms with Crippen molar-refractivity contribution in [3.63, 3.8) is 0 Å². The third-order valence-electron chi connectivity index (χ3n) is 3.48. The van der Waals surface area contributed by atoms with E-state index in [1.165, 1.54) is 12.1 Å². The van der Waals surface area contributed by atoms with Gasteiger partial charge in [-0.1, -0.05) is 12.1 Å². The molecule has 2 N–H and O–H groups in total. The molecule has 116 valence electrons. The van der Waals surface area contributed by atoms with Gasteiger partial charge >= 0.3 is 6.09 Å². The van der Waals surface area contributed by atoms with Crippen LogP contribution in [0.1, 0.15) is 38.7 Å². The summed E-state index contributed by atoms with van der Waals surface area (Å²) in [5.41, 5.74) is 6.54. The second-order valence-electron chi connectivity index (χ2n) is 6.63. The number of ether oxygens (including phenoxy) is 1. The van der Waals surface area contributed by atoms with E-state index in [4.69, 9.17) is 10.5 Å². The number of nitrogens with zero attached hydrogens (tertiary/aromatic N) is 1. The van der Waals surface area contributed by atoms with Crippen molar-refractivity contribution in [1.82, 2.24) is 4.90 Å². The van der Waals surface area contributed by atoms with E-state index >= 15 is 0 Å². The monoisotopic (exact) mass is 294 g/mol. The van der Waals surface area contributed by atoms with E-state index < -0.39 is 5.60 Å². The largest absolute Gasteiger partial charge is 0.444 e. The molecule has 1 amide bonds. The maximum absolute atomic E-state index is 13.0. The van der Waals surface area contributed by atoms with E-state index in [-0.39, 0.29) is 23.9 Å². The van der Waals surface area contributed by atoms with Crippen molar-refractivity contribution in [2.45, 2.75) is 44.8 Å². The second kappa shape index (κ2) is 6.02. The summed E-state index contributed by atoms with van der Waals surface area (Å²) in [7, 11) is 0. The molecule has 1 aromatic rings. The second-order valence-corrected chi connectivity index (χ2v) is 6.63. The van der Waals surface area contributed by atoms with Gasteiger partial charge in [0.25, 0.3) is 0 Å². The van der Waals surface area contributed by atoms with Crippen LogP contribution in [-0.4, -0.2) is 35.7 Å². The topological polar surface area (TPSA) is 55.6 Å². The van der Waals surface area contributed by atoms with E-state index in [9.17, 15) is 9.18 Å². The maximum atomic E-state index is 13.0. The molecule has 0 aliphatic carbocycles. The third kappa shape index (κ3) is 4.43. The standard InChI is InChI=1S/C16H23FN2O2/c1-16(2,3)21-15(20)19-9-12(8-14(18)10-19)11-4-6-13(17)7-5-11/h4-7,12,14H,8-10,18H2,1-3H3/t12-,14-/m1/s1. The van der Waals surface area contributed by atoms with Crippen molar-refractivity contribution in [2.75, 3.05) is 13.1 Å². The maximum Gasteiger partial charge on any atom is 0.410 e. The van der Waals surface area contributed by atoms with Crippen LogP contribution in [0.25, 0.3) is 0 Å². The molecule has 2 atom stereocenters. The molecule has 2 rings (SSSR count). The highest BCUT2D eigenvalue weighted by atomic mass is 19.1. The van der Waals surface area contributed by atoms with Gasteiger partial charge in [-0.3, -0.25) is 0 Å². The number of piperidine rings is 1. The fraction of sp³-hybridized carbons (Fsp3) is 0.562. The predicted molar refractivity (Wildman–Crippen MR) is 79.5 cm³/mol. The first-order chi connectivity index (χ1) is 9.74. The van der Waals surface area contributed by atoms with Gasteiger partial charge < -0.3 is 15.4 Å². The zero-order valence-corrected chi connectivity index (χ0v) is 12.8. The molecule has 1 heterocycles. The molecular weight excluding hydrogens is 271 g/mol. The number of rotatable bonds is 1. The highest BCUT2D eigenvalue weighted by Gasteiger charge is 2.31. The molecule has 21 heavy (non-hydrogen) atoms. The van der Waals surface area contributed by atoms with Crippen LogP contribution in [0, 0.1) is 5.82 Å². The molecular formula is C16H23FN2O2. The Balaban J connectivity index is 2.08. The molecule has 0 radical (unpaired) electrons. The van der Waals surface area contributed by atoms with Crippen molar-refractivity contribution >= 4 is 6.09 Å². The molecule has 0 aromatic heterocycles. The first kappa shape index (κ1) is 15.8. The molecule has 0 saturated carbocycles. The fourth-order valence-corrected chi connectivity index (χ4v) is 2.59. The van der Waals surface area contributed by atoms with Gasteiger partial charge in [-0.05, 0) is 44.9 Å². The number of amides is 1. The highest BCUT2D eigenvalue weighted by molar-refractivity contribution is 5.68. The van der Waals surface area contributed by atoms with Gasteiger partial charge in [-0.25, -0.2) is 9.18 Å². The van der Waals surface area contributed by atoms with Crippen LogP contribution in [-0.2, 0) is 4.74 Å². The van der Waals surface area contributed by atoms with Gasteiger partial charge in [0.2, 0.25) is 0 Å². The number of hydrogen-bond acceptors (Lipinski definition) is 3. The summed E-state index contributed by atoms with van der Waals surface area (Å²) >= 11 is 0. The van der Waals surface area contributed by atoms with Gasteiger partial charge in [0, 0.05) is 25.0 Å². The lowest BCUT2D eigenvalue weighted by Crippen LogP contribution is -2.50. The molecule has 1 aliphatic rings. The van der Waals surface area contributed by atoms with Gasteiger partial charge in [0.15, 0.2) is 0 Å². The van der Waals surface area contributed by atoms with Gasteiger partial charge in [-0.2, -0.15) is 0 Å². The van der Waals surface area contributed by atoms with Crippen LogP contribution in [0.3, 0.4) is 0 Å². The van der Waals surface area contributed by atoms with Crippen LogP contribution >= 0.6 is 0 Å². The summed E-state index contributed by atoms with van der Waals surface area (Å²) in [5.74, 6) is -0.148. The minimum Gasteiger partial charge on any atom is -0.444 e. The van der Waals surface area contributed by atoms with Crippen LogP contribution in [0.15, 0.2) is 24.3 Å². The Morgan fingerprint density at radius 2 is 1.90 bits per heavy atom. The van der Waals surface area contributed by atoms with Crippen LogP contribution in [0.2, 0.25) is 0 Å². The lowest BCUT2D eigenvalue weighted by Gasteiger charge is -2.37. The van der Waals surface area contributed by atoms with E-state index in [0.29, 0.717) is 13.1 Å². The van der Waals surface area contributed by atoms with Gasteiger partial charge in [0.1, 0.15) is 11.4 Å². The molecule has 5 heteroatoms. The molecule has 1 aliphatic heterocycles. The number of carbonyl (C=O) groups excluding carboxylic acids is 1. The number of benzene rings is 1. The van der Waals surface area contributed by atoms with Crippen molar-refractivity contribution in [3.8, 4) is 0 Å². The number of likely N-dealkylation sites (tertiary alicyclic amines) is 1. The smallest absolute Gasteiger partial charge is 0.410 e. The molecule has 4 nitrogen and oxygen atoms in total. The molecule has 1 saturated heterocycles. The summed E-state index contributed by atoms with van der Waals surface area (Å²) in [4.78, 5) is 13.8. The lowest BCUT2D eigenvalue weighted by molar-refractivity contribution is 0.0180. The van der Waals surface area contributed by atoms with E-state index in [2.05, 4.69) is 0 Å². The lowest BCUT2D eigenvalue weighted by atomic mass is 9.88. The first-order valence-electron chi connectivity index (χ1n) is 7.23. The predicted octanol–water partition coefficient (Wildman–Crippen LogP) is 2.88. The summed E-state index contributed by atoms with van der Waals surface area (Å²) in [5, 5.41) is 0. The number of halogens is 1. The third-order valence-corrected chi connectivity index (χ3v) is 3.48. The summed E-state index contributed by atoms with van der Waals surface area (Å²) in [6, 6.07) is 6.29. The SMILES string of the molecule is CC(C)(C)OC(=O)N1C[C@H](N)C[C@@H](c2ccc(F)cc2)C1. The quantitative estimate of drug-likeness (QED) is 0.866. The molecule has 0 unspecified atom stereocenters. The minimum absolute atomic E-state index is 0.0960. The zero-order valence-electron chi connectivity index (χ0n) is 12.8. The Morgan fingerprint density at radius 3 is 2.48 bits per heavy atom. The fourth-order valence-electron chi connectivity index (χ4n) is 2.59. The van der Waals surface area contributed by atoms with Crippen LogP contribution < -0.4 is 5.73 Å². The number of carbonyl (C=O) groups is 1. The first-order valence-corrected chi connectivity index (χ1v) is 7.23. The molecule has 1 fully saturated rings. The Hall–Kier alpha value is -1.62. The normalized spacial score (nSPS) is 23.0. The summed E-state index contributed by atoms with van der Waals surface area (Å²) < 4.78 is 18.4. The van der Waals surface area contributed by atoms with Crippen molar-refractivity contribution in [1.29, 1.82) is 0 Å². The Morgan fingerprint density at radius 1 is 1.29 bits per heavy atom. The Kier molecular flexibility index (Phi) is 4.52. The van der Waals surface area contributed by atoms with Gasteiger partial charge in [-0.15, -0.1) is 0 Å².